The molecule has 0 spiro atoms. The highest BCUT2D eigenvalue weighted by Gasteiger charge is 2.28. The standard InChI is InChI=1S/C14H22N4O2S/c1-10(19)11-3-5-17(8-11)13(20)15-4-2-12-9-18-6-7-21-14(18)16-12/h9-11,19H,2-8H2,1H3,(H,15,20). The van der Waals surface area contributed by atoms with Gasteiger partial charge in [-0.25, -0.2) is 9.78 Å². The number of imidazole rings is 1. The number of carbonyl (C=O) groups excluding carboxylic acids is 1. The largest absolute Gasteiger partial charge is 0.393 e. The van der Waals surface area contributed by atoms with E-state index in [4.69, 9.17) is 0 Å². The Balaban J connectivity index is 1.42. The second-order valence-corrected chi connectivity index (χ2v) is 6.84. The van der Waals surface area contributed by atoms with Crippen molar-refractivity contribution in [3.63, 3.8) is 0 Å². The van der Waals surface area contributed by atoms with E-state index >= 15 is 0 Å². The van der Waals surface area contributed by atoms with Crippen molar-refractivity contribution in [1.82, 2.24) is 19.8 Å². The zero-order valence-corrected chi connectivity index (χ0v) is 13.1. The Labute approximate surface area is 128 Å². The van der Waals surface area contributed by atoms with Crippen LogP contribution in [0.3, 0.4) is 0 Å². The lowest BCUT2D eigenvalue weighted by atomic mass is 10.0. The first kappa shape index (κ1) is 14.7. The molecule has 6 nitrogen and oxygen atoms in total. The third-order valence-corrected chi connectivity index (χ3v) is 5.18. The summed E-state index contributed by atoms with van der Waals surface area (Å²) in [6.07, 6.45) is 3.39. The van der Waals surface area contributed by atoms with Crippen molar-refractivity contribution in [1.29, 1.82) is 0 Å². The van der Waals surface area contributed by atoms with Crippen LogP contribution in [-0.2, 0) is 13.0 Å². The van der Waals surface area contributed by atoms with Crippen LogP contribution >= 0.6 is 11.8 Å². The normalized spacial score (nSPS) is 22.4. The fourth-order valence-electron chi connectivity index (χ4n) is 2.86. The van der Waals surface area contributed by atoms with Gasteiger partial charge in [0.05, 0.1) is 11.8 Å². The third-order valence-electron chi connectivity index (χ3n) is 4.20. The lowest BCUT2D eigenvalue weighted by Gasteiger charge is -2.18. The Morgan fingerprint density at radius 1 is 1.62 bits per heavy atom. The first-order valence-electron chi connectivity index (χ1n) is 7.53. The van der Waals surface area contributed by atoms with Gasteiger partial charge in [0.2, 0.25) is 0 Å². The zero-order chi connectivity index (χ0) is 14.8. The number of nitrogens with one attached hydrogen (secondary N) is 1. The lowest BCUT2D eigenvalue weighted by molar-refractivity contribution is 0.129. The van der Waals surface area contributed by atoms with Crippen LogP contribution in [0.1, 0.15) is 19.0 Å². The van der Waals surface area contributed by atoms with Crippen LogP contribution < -0.4 is 5.32 Å². The van der Waals surface area contributed by atoms with Crippen molar-refractivity contribution in [3.8, 4) is 0 Å². The van der Waals surface area contributed by atoms with Gasteiger partial charge in [0.1, 0.15) is 0 Å². The summed E-state index contributed by atoms with van der Waals surface area (Å²) in [4.78, 5) is 18.4. The Hall–Kier alpha value is -1.21. The number of nitrogens with zero attached hydrogens (tertiary/aromatic N) is 3. The number of aliphatic hydroxyl groups excluding tert-OH is 1. The van der Waals surface area contributed by atoms with Gasteiger partial charge >= 0.3 is 6.03 Å². The fraction of sp³-hybridized carbons (Fsp3) is 0.714. The molecule has 1 fully saturated rings. The SMILES string of the molecule is CC(O)C1CCN(C(=O)NCCc2cn3c(n2)SCC3)C1. The van der Waals surface area contributed by atoms with Gasteiger partial charge in [0, 0.05) is 50.5 Å². The van der Waals surface area contributed by atoms with E-state index in [0.29, 0.717) is 13.1 Å². The number of aryl methyl sites for hydroxylation is 1. The minimum Gasteiger partial charge on any atom is -0.393 e. The molecule has 2 aliphatic rings. The van der Waals surface area contributed by atoms with Gasteiger partial charge in [-0.1, -0.05) is 11.8 Å². The Morgan fingerprint density at radius 3 is 3.19 bits per heavy atom. The molecule has 116 valence electrons. The molecule has 3 rings (SSSR count). The third kappa shape index (κ3) is 3.35. The number of likely N-dealkylation sites (tertiary alicyclic amines) is 1. The van der Waals surface area contributed by atoms with E-state index in [1.165, 1.54) is 0 Å². The number of amides is 2. The molecule has 2 atom stereocenters. The maximum Gasteiger partial charge on any atom is 0.317 e. The summed E-state index contributed by atoms with van der Waals surface area (Å²) in [5.41, 5.74) is 1.04. The number of carbonyl (C=O) groups is 1. The second-order valence-electron chi connectivity index (χ2n) is 5.77. The van der Waals surface area contributed by atoms with Crippen LogP contribution in [0, 0.1) is 5.92 Å². The van der Waals surface area contributed by atoms with E-state index in [2.05, 4.69) is 21.1 Å². The predicted molar refractivity (Wildman–Crippen MR) is 81.4 cm³/mol. The van der Waals surface area contributed by atoms with Crippen LogP contribution in [0.5, 0.6) is 0 Å². The van der Waals surface area contributed by atoms with Gasteiger partial charge in [-0.15, -0.1) is 0 Å². The van der Waals surface area contributed by atoms with Gasteiger partial charge in [0.25, 0.3) is 0 Å². The predicted octanol–water partition coefficient (Wildman–Crippen LogP) is 0.944. The molecule has 1 aromatic rings. The van der Waals surface area contributed by atoms with Crippen LogP contribution in [0.4, 0.5) is 4.79 Å². The summed E-state index contributed by atoms with van der Waals surface area (Å²) >= 11 is 1.78. The summed E-state index contributed by atoms with van der Waals surface area (Å²) in [6.45, 7) is 4.82. The van der Waals surface area contributed by atoms with Crippen LogP contribution in [0.15, 0.2) is 11.4 Å². The van der Waals surface area contributed by atoms with E-state index < -0.39 is 0 Å². The van der Waals surface area contributed by atoms with Crippen molar-refractivity contribution < 1.29 is 9.90 Å². The molecule has 0 aromatic carbocycles. The van der Waals surface area contributed by atoms with E-state index in [0.717, 1.165) is 42.5 Å². The number of hydrogen-bond acceptors (Lipinski definition) is 4. The number of urea groups is 1. The monoisotopic (exact) mass is 310 g/mol. The van der Waals surface area contributed by atoms with Crippen molar-refractivity contribution in [3.05, 3.63) is 11.9 Å². The minimum atomic E-state index is -0.340. The van der Waals surface area contributed by atoms with Crippen LogP contribution in [-0.4, -0.2) is 57.1 Å². The number of thioether (sulfide) groups is 1. The van der Waals surface area contributed by atoms with E-state index in [-0.39, 0.29) is 18.1 Å². The number of rotatable bonds is 4. The summed E-state index contributed by atoms with van der Waals surface area (Å²) in [7, 11) is 0. The number of hydrogen-bond donors (Lipinski definition) is 2. The maximum atomic E-state index is 12.0. The topological polar surface area (TPSA) is 70.4 Å². The fourth-order valence-corrected chi connectivity index (χ4v) is 3.82. The molecule has 2 aliphatic heterocycles. The van der Waals surface area contributed by atoms with E-state index in [9.17, 15) is 9.90 Å². The van der Waals surface area contributed by atoms with Crippen molar-refractivity contribution in [2.75, 3.05) is 25.4 Å². The molecule has 0 saturated carbocycles. The van der Waals surface area contributed by atoms with Crippen LogP contribution in [0.2, 0.25) is 0 Å². The Kier molecular flexibility index (Phi) is 4.40. The van der Waals surface area contributed by atoms with Gasteiger partial charge in [-0.3, -0.25) is 0 Å². The average Bonchev–Trinajstić information content (AvgIpc) is 3.13. The quantitative estimate of drug-likeness (QED) is 0.868. The van der Waals surface area contributed by atoms with Crippen molar-refractivity contribution in [2.45, 2.75) is 37.6 Å². The summed E-state index contributed by atoms with van der Waals surface area (Å²) in [5.74, 6) is 1.32. The zero-order valence-electron chi connectivity index (χ0n) is 12.3. The highest BCUT2D eigenvalue weighted by Crippen LogP contribution is 2.24. The van der Waals surface area contributed by atoms with Gasteiger partial charge in [0.15, 0.2) is 5.16 Å². The molecule has 0 radical (unpaired) electrons. The summed E-state index contributed by atoms with van der Waals surface area (Å²) in [6, 6.07) is -0.0284. The maximum absolute atomic E-state index is 12.0. The minimum absolute atomic E-state index is 0.0284. The Bertz CT molecular complexity index is 496. The molecule has 3 heterocycles. The van der Waals surface area contributed by atoms with Crippen LogP contribution in [0.25, 0.3) is 0 Å². The molecule has 2 unspecified atom stereocenters. The smallest absolute Gasteiger partial charge is 0.317 e. The number of aliphatic hydroxyl groups is 1. The first-order chi connectivity index (χ1) is 10.1. The van der Waals surface area contributed by atoms with Crippen molar-refractivity contribution in [2.24, 2.45) is 5.92 Å². The molecule has 2 N–H and O–H groups in total. The molecule has 0 aliphatic carbocycles. The lowest BCUT2D eigenvalue weighted by Crippen LogP contribution is -2.39. The highest BCUT2D eigenvalue weighted by atomic mass is 32.2. The molecular weight excluding hydrogens is 288 g/mol. The average molecular weight is 310 g/mol. The molecular formula is C14H22N4O2S. The van der Waals surface area contributed by atoms with Gasteiger partial charge in [-0.2, -0.15) is 0 Å². The first-order valence-corrected chi connectivity index (χ1v) is 8.51. The molecule has 2 amide bonds. The molecule has 21 heavy (non-hydrogen) atoms. The van der Waals surface area contributed by atoms with E-state index in [1.807, 2.05) is 0 Å². The second kappa shape index (κ2) is 6.27. The molecule has 1 aromatic heterocycles. The highest BCUT2D eigenvalue weighted by molar-refractivity contribution is 7.99. The Morgan fingerprint density at radius 2 is 2.48 bits per heavy atom. The number of fused-ring (bicyclic) bond motifs is 1. The van der Waals surface area contributed by atoms with E-state index in [1.54, 1.807) is 23.6 Å². The summed E-state index contributed by atoms with van der Waals surface area (Å²) < 4.78 is 2.18. The van der Waals surface area contributed by atoms with Crippen molar-refractivity contribution >= 4 is 17.8 Å². The summed E-state index contributed by atoms with van der Waals surface area (Å²) in [5, 5.41) is 13.6. The van der Waals surface area contributed by atoms with Gasteiger partial charge in [-0.05, 0) is 13.3 Å². The molecule has 7 heteroatoms. The van der Waals surface area contributed by atoms with Gasteiger partial charge < -0.3 is 19.9 Å². The molecule has 0 bridgehead atoms. The number of aromatic nitrogens is 2. The molecule has 1 saturated heterocycles.